The minimum Gasteiger partial charge on any atom is -0.496 e. The number of allylic oxidation sites excluding steroid dienone is 2. The Labute approximate surface area is 174 Å². The molecule has 152 valence electrons. The number of hydrogen-bond acceptors (Lipinski definition) is 3. The molecule has 0 bridgehead atoms. The standard InChI is InChI=1S/C25H30N2O2/c1-8-19-20(10-9-11-22(19)29-7)24(28)27-23(25(4,5)6)21(15-26)18-13-16(2)12-17(3)14-18/h9-14H,8H2,1-7H3,(H,27,28). The van der Waals surface area contributed by atoms with Gasteiger partial charge in [0.1, 0.15) is 11.8 Å². The summed E-state index contributed by atoms with van der Waals surface area (Å²) in [6.07, 6.45) is 0.670. The van der Waals surface area contributed by atoms with E-state index in [1.165, 1.54) is 0 Å². The normalized spacial score (nSPS) is 12.1. The molecule has 0 aliphatic heterocycles. The molecule has 2 aromatic rings. The number of amides is 1. The Hall–Kier alpha value is -3.06. The van der Waals surface area contributed by atoms with Gasteiger partial charge in [-0.15, -0.1) is 0 Å². The quantitative estimate of drug-likeness (QED) is 0.677. The topological polar surface area (TPSA) is 62.1 Å². The van der Waals surface area contributed by atoms with Gasteiger partial charge in [0.05, 0.1) is 12.7 Å². The number of carbonyl (C=O) groups is 1. The largest absolute Gasteiger partial charge is 0.496 e. The van der Waals surface area contributed by atoms with E-state index in [1.807, 2.05) is 65.8 Å². The third-order valence-electron chi connectivity index (χ3n) is 4.81. The maximum atomic E-state index is 13.2. The van der Waals surface area contributed by atoms with Gasteiger partial charge in [0, 0.05) is 22.2 Å². The van der Waals surface area contributed by atoms with Crippen molar-refractivity contribution in [3.05, 3.63) is 69.9 Å². The Morgan fingerprint density at radius 3 is 2.24 bits per heavy atom. The lowest BCUT2D eigenvalue weighted by Crippen LogP contribution is -2.32. The molecule has 0 saturated carbocycles. The van der Waals surface area contributed by atoms with Crippen LogP contribution in [0.1, 0.15) is 60.3 Å². The van der Waals surface area contributed by atoms with Gasteiger partial charge in [-0.1, -0.05) is 63.1 Å². The Morgan fingerprint density at radius 1 is 1.14 bits per heavy atom. The molecule has 0 heterocycles. The van der Waals surface area contributed by atoms with Crippen molar-refractivity contribution in [2.24, 2.45) is 5.41 Å². The van der Waals surface area contributed by atoms with Crippen LogP contribution >= 0.6 is 0 Å². The maximum Gasteiger partial charge on any atom is 0.255 e. The Balaban J connectivity index is 2.61. The highest BCUT2D eigenvalue weighted by atomic mass is 16.5. The Bertz CT molecular complexity index is 969. The van der Waals surface area contributed by atoms with Crippen LogP contribution in [0.4, 0.5) is 0 Å². The number of nitriles is 1. The first-order valence-corrected chi connectivity index (χ1v) is 9.83. The van der Waals surface area contributed by atoms with Crippen molar-refractivity contribution in [2.45, 2.75) is 48.0 Å². The van der Waals surface area contributed by atoms with E-state index in [0.717, 1.165) is 22.3 Å². The zero-order chi connectivity index (χ0) is 21.8. The number of methoxy groups -OCH3 is 1. The molecule has 0 aliphatic rings. The Morgan fingerprint density at radius 2 is 1.76 bits per heavy atom. The van der Waals surface area contributed by atoms with Gasteiger partial charge in [-0.25, -0.2) is 0 Å². The second-order valence-electron chi connectivity index (χ2n) is 8.28. The number of ether oxygens (including phenoxy) is 1. The van der Waals surface area contributed by atoms with Gasteiger partial charge in [-0.3, -0.25) is 4.79 Å². The summed E-state index contributed by atoms with van der Waals surface area (Å²) in [5.41, 5.74) is 5.05. The number of benzene rings is 2. The summed E-state index contributed by atoms with van der Waals surface area (Å²) in [5.74, 6) is 0.457. The summed E-state index contributed by atoms with van der Waals surface area (Å²) in [4.78, 5) is 13.2. The highest BCUT2D eigenvalue weighted by Gasteiger charge is 2.26. The molecule has 4 nitrogen and oxygen atoms in total. The van der Waals surface area contributed by atoms with Crippen molar-refractivity contribution in [1.82, 2.24) is 5.32 Å². The van der Waals surface area contributed by atoms with Crippen LogP contribution < -0.4 is 10.1 Å². The first kappa shape index (κ1) is 22.2. The lowest BCUT2D eigenvalue weighted by molar-refractivity contribution is 0.0956. The molecule has 0 saturated heterocycles. The van der Waals surface area contributed by atoms with Gasteiger partial charge in [0.2, 0.25) is 0 Å². The second-order valence-corrected chi connectivity index (χ2v) is 8.28. The molecule has 0 unspecified atom stereocenters. The first-order valence-electron chi connectivity index (χ1n) is 9.83. The smallest absolute Gasteiger partial charge is 0.255 e. The predicted molar refractivity (Wildman–Crippen MR) is 118 cm³/mol. The van der Waals surface area contributed by atoms with Crippen molar-refractivity contribution in [3.8, 4) is 11.8 Å². The number of aryl methyl sites for hydroxylation is 2. The number of nitrogens with zero attached hydrogens (tertiary/aromatic N) is 1. The van der Waals surface area contributed by atoms with E-state index in [4.69, 9.17) is 4.74 Å². The molecule has 1 N–H and O–H groups in total. The molecule has 0 atom stereocenters. The van der Waals surface area contributed by atoms with Gasteiger partial charge in [-0.2, -0.15) is 5.26 Å². The van der Waals surface area contributed by atoms with Gasteiger partial charge in [0.25, 0.3) is 5.91 Å². The Kier molecular flexibility index (Phi) is 6.87. The fraction of sp³-hybridized carbons (Fsp3) is 0.360. The highest BCUT2D eigenvalue weighted by molar-refractivity contribution is 5.99. The van der Waals surface area contributed by atoms with Crippen LogP contribution in [0.2, 0.25) is 0 Å². The molecule has 0 aromatic heterocycles. The van der Waals surface area contributed by atoms with Crippen LogP contribution in [0.5, 0.6) is 5.75 Å². The van der Waals surface area contributed by atoms with Crippen molar-refractivity contribution in [3.63, 3.8) is 0 Å². The van der Waals surface area contributed by atoms with Crippen LogP contribution in [-0.2, 0) is 6.42 Å². The highest BCUT2D eigenvalue weighted by Crippen LogP contribution is 2.32. The lowest BCUT2D eigenvalue weighted by Gasteiger charge is -2.26. The van der Waals surface area contributed by atoms with Crippen LogP contribution in [0, 0.1) is 30.6 Å². The van der Waals surface area contributed by atoms with Crippen molar-refractivity contribution in [2.75, 3.05) is 7.11 Å². The number of hydrogen-bond donors (Lipinski definition) is 1. The summed E-state index contributed by atoms with van der Waals surface area (Å²) in [5, 5.41) is 13.0. The fourth-order valence-corrected chi connectivity index (χ4v) is 3.52. The molecule has 0 radical (unpaired) electrons. The molecule has 29 heavy (non-hydrogen) atoms. The van der Waals surface area contributed by atoms with Crippen LogP contribution in [0.25, 0.3) is 5.57 Å². The third kappa shape index (κ3) is 5.06. The van der Waals surface area contributed by atoms with E-state index in [9.17, 15) is 10.1 Å². The molecule has 0 fully saturated rings. The van der Waals surface area contributed by atoms with Gasteiger partial charge < -0.3 is 10.1 Å². The molecular formula is C25H30N2O2. The van der Waals surface area contributed by atoms with Gasteiger partial charge in [0.15, 0.2) is 0 Å². The summed E-state index contributed by atoms with van der Waals surface area (Å²) in [6.45, 7) is 12.0. The predicted octanol–water partition coefficient (Wildman–Crippen LogP) is 5.59. The number of rotatable bonds is 5. The first-order chi connectivity index (χ1) is 13.6. The lowest BCUT2D eigenvalue weighted by atomic mass is 9.85. The summed E-state index contributed by atoms with van der Waals surface area (Å²) < 4.78 is 5.42. The number of carbonyl (C=O) groups excluding carboxylic acids is 1. The summed E-state index contributed by atoms with van der Waals surface area (Å²) in [7, 11) is 1.60. The summed E-state index contributed by atoms with van der Waals surface area (Å²) in [6, 6.07) is 13.8. The minimum absolute atomic E-state index is 0.234. The van der Waals surface area contributed by atoms with Crippen LogP contribution in [0.3, 0.4) is 0 Å². The molecular weight excluding hydrogens is 360 g/mol. The molecule has 1 amide bonds. The monoisotopic (exact) mass is 390 g/mol. The average molecular weight is 391 g/mol. The molecule has 0 spiro atoms. The average Bonchev–Trinajstić information content (AvgIpc) is 2.65. The molecule has 2 aromatic carbocycles. The van der Waals surface area contributed by atoms with E-state index >= 15 is 0 Å². The maximum absolute atomic E-state index is 13.2. The SMILES string of the molecule is CCc1c(OC)cccc1C(=O)NC(=C(C#N)c1cc(C)cc(C)c1)C(C)(C)C. The third-order valence-corrected chi connectivity index (χ3v) is 4.81. The summed E-state index contributed by atoms with van der Waals surface area (Å²) >= 11 is 0. The van der Waals surface area contributed by atoms with Crippen LogP contribution in [0.15, 0.2) is 42.1 Å². The van der Waals surface area contributed by atoms with E-state index in [2.05, 4.69) is 17.5 Å². The van der Waals surface area contributed by atoms with Crippen molar-refractivity contribution < 1.29 is 9.53 Å². The zero-order valence-corrected chi connectivity index (χ0v) is 18.4. The van der Waals surface area contributed by atoms with Crippen LogP contribution in [-0.4, -0.2) is 13.0 Å². The molecule has 0 aliphatic carbocycles. The van der Waals surface area contributed by atoms with Gasteiger partial charge in [-0.05, 0) is 38.0 Å². The van der Waals surface area contributed by atoms with Gasteiger partial charge >= 0.3 is 0 Å². The molecule has 2 rings (SSSR count). The van der Waals surface area contributed by atoms with E-state index in [0.29, 0.717) is 29.0 Å². The minimum atomic E-state index is -0.427. The van der Waals surface area contributed by atoms with E-state index < -0.39 is 5.41 Å². The van der Waals surface area contributed by atoms with E-state index in [-0.39, 0.29) is 5.91 Å². The van der Waals surface area contributed by atoms with Crippen molar-refractivity contribution in [1.29, 1.82) is 5.26 Å². The zero-order valence-electron chi connectivity index (χ0n) is 18.4. The fourth-order valence-electron chi connectivity index (χ4n) is 3.52. The second kappa shape index (κ2) is 8.96. The van der Waals surface area contributed by atoms with E-state index in [1.54, 1.807) is 13.2 Å². The molecule has 4 heteroatoms. The number of nitrogens with one attached hydrogen (secondary N) is 1. The van der Waals surface area contributed by atoms with Crippen molar-refractivity contribution >= 4 is 11.5 Å².